The van der Waals surface area contributed by atoms with Crippen LogP contribution in [0.15, 0.2) is 0 Å². The van der Waals surface area contributed by atoms with Crippen LogP contribution in [0, 0.1) is 19.8 Å². The van der Waals surface area contributed by atoms with Gasteiger partial charge in [0.15, 0.2) is 0 Å². The van der Waals surface area contributed by atoms with Gasteiger partial charge in [-0.25, -0.2) is 9.97 Å². The van der Waals surface area contributed by atoms with Crippen molar-refractivity contribution in [1.82, 2.24) is 14.9 Å². The summed E-state index contributed by atoms with van der Waals surface area (Å²) in [4.78, 5) is 17.4. The van der Waals surface area contributed by atoms with Gasteiger partial charge in [0.25, 0.3) is 0 Å². The molecule has 0 N–H and O–H groups in total. The summed E-state index contributed by atoms with van der Waals surface area (Å²) in [7, 11) is 0. The van der Waals surface area contributed by atoms with E-state index in [2.05, 4.69) is 30.6 Å². The van der Waals surface area contributed by atoms with Crippen LogP contribution >= 0.6 is 11.3 Å². The van der Waals surface area contributed by atoms with Crippen molar-refractivity contribution >= 4 is 27.4 Å². The van der Waals surface area contributed by atoms with Gasteiger partial charge in [0.2, 0.25) is 0 Å². The van der Waals surface area contributed by atoms with Crippen LogP contribution in [0.25, 0.3) is 10.2 Å². The number of rotatable bonds is 3. The third-order valence-corrected chi connectivity index (χ3v) is 6.71. The lowest BCUT2D eigenvalue weighted by Gasteiger charge is -2.31. The topological polar surface area (TPSA) is 41.5 Å². The van der Waals surface area contributed by atoms with Gasteiger partial charge in [-0.1, -0.05) is 6.92 Å². The second kappa shape index (κ2) is 7.17. The van der Waals surface area contributed by atoms with Crippen molar-refractivity contribution in [3.8, 4) is 0 Å². The zero-order chi connectivity index (χ0) is 17.4. The van der Waals surface area contributed by atoms with Crippen LogP contribution in [0.4, 0.5) is 5.82 Å². The predicted molar refractivity (Wildman–Crippen MR) is 104 cm³/mol. The van der Waals surface area contributed by atoms with Crippen LogP contribution in [0.5, 0.6) is 0 Å². The summed E-state index contributed by atoms with van der Waals surface area (Å²) in [5.74, 6) is 2.95. The monoisotopic (exact) mass is 360 g/mol. The molecule has 2 aromatic heterocycles. The number of thiophene rings is 1. The summed E-state index contributed by atoms with van der Waals surface area (Å²) in [5.41, 5.74) is 1.33. The third-order valence-electron chi connectivity index (χ3n) is 5.61. The van der Waals surface area contributed by atoms with Gasteiger partial charge in [-0.2, -0.15) is 0 Å². The fourth-order valence-corrected chi connectivity index (χ4v) is 4.81. The maximum absolute atomic E-state index is 5.54. The lowest BCUT2D eigenvalue weighted by atomic mass is 9.99. The van der Waals surface area contributed by atoms with E-state index >= 15 is 0 Å². The van der Waals surface area contributed by atoms with Crippen LogP contribution in [-0.2, 0) is 11.3 Å². The van der Waals surface area contributed by atoms with E-state index in [-0.39, 0.29) is 0 Å². The van der Waals surface area contributed by atoms with E-state index in [0.29, 0.717) is 0 Å². The van der Waals surface area contributed by atoms with E-state index < -0.39 is 0 Å². The van der Waals surface area contributed by atoms with E-state index in [4.69, 9.17) is 14.7 Å². The molecule has 4 rings (SSSR count). The maximum Gasteiger partial charge on any atom is 0.146 e. The number of hydrogen-bond donors (Lipinski definition) is 0. The number of fused-ring (bicyclic) bond motifs is 1. The molecule has 2 saturated heterocycles. The summed E-state index contributed by atoms with van der Waals surface area (Å²) in [6.45, 7) is 13.4. The predicted octanol–water partition coefficient (Wildman–Crippen LogP) is 3.38. The molecule has 2 aromatic rings. The first-order valence-electron chi connectivity index (χ1n) is 9.43. The molecular formula is C19H28N4OS. The van der Waals surface area contributed by atoms with E-state index in [0.717, 1.165) is 68.3 Å². The van der Waals surface area contributed by atoms with Crippen molar-refractivity contribution in [1.29, 1.82) is 0 Å². The SMILES string of the molecule is Cc1sc2nc(CN3CCC(C)CC3)nc(N3CCOCC3)c2c1C. The molecular weight excluding hydrogens is 332 g/mol. The number of likely N-dealkylation sites (tertiary alicyclic amines) is 1. The molecule has 0 unspecified atom stereocenters. The lowest BCUT2D eigenvalue weighted by molar-refractivity contribution is 0.122. The zero-order valence-corrected chi connectivity index (χ0v) is 16.4. The average Bonchev–Trinajstić information content (AvgIpc) is 2.91. The maximum atomic E-state index is 5.54. The highest BCUT2D eigenvalue weighted by atomic mass is 32.1. The summed E-state index contributed by atoms with van der Waals surface area (Å²) >= 11 is 1.81. The van der Waals surface area contributed by atoms with E-state index in [9.17, 15) is 0 Å². The number of aryl methyl sites for hydroxylation is 2. The van der Waals surface area contributed by atoms with Gasteiger partial charge < -0.3 is 9.64 Å². The summed E-state index contributed by atoms with van der Waals surface area (Å²) in [6, 6.07) is 0. The molecule has 0 atom stereocenters. The Balaban J connectivity index is 1.68. The average molecular weight is 361 g/mol. The first kappa shape index (κ1) is 17.2. The van der Waals surface area contributed by atoms with Crippen molar-refractivity contribution in [2.45, 2.75) is 40.2 Å². The standard InChI is InChI=1S/C19H28N4OS/c1-13-4-6-22(7-5-13)12-16-20-18(23-8-10-24-11-9-23)17-14(2)15(3)25-19(17)21-16/h13H,4-12H2,1-3H3. The molecule has 136 valence electrons. The first-order valence-corrected chi connectivity index (χ1v) is 10.2. The Hall–Kier alpha value is -1.24. The Kier molecular flexibility index (Phi) is 4.93. The van der Waals surface area contributed by atoms with Crippen molar-refractivity contribution in [2.75, 3.05) is 44.3 Å². The minimum Gasteiger partial charge on any atom is -0.378 e. The van der Waals surface area contributed by atoms with E-state index in [1.165, 1.54) is 28.7 Å². The fourth-order valence-electron chi connectivity index (χ4n) is 3.77. The van der Waals surface area contributed by atoms with Crippen LogP contribution < -0.4 is 4.90 Å². The second-order valence-corrected chi connectivity index (χ2v) is 8.69. The largest absolute Gasteiger partial charge is 0.378 e. The lowest BCUT2D eigenvalue weighted by Crippen LogP contribution is -2.37. The van der Waals surface area contributed by atoms with Crippen LogP contribution in [0.3, 0.4) is 0 Å². The molecule has 2 aliphatic heterocycles. The molecule has 0 radical (unpaired) electrons. The Bertz CT molecular complexity index is 745. The van der Waals surface area contributed by atoms with Crippen molar-refractivity contribution in [2.24, 2.45) is 5.92 Å². The minimum absolute atomic E-state index is 0.785. The first-order chi connectivity index (χ1) is 12.1. The normalized spacial score (nSPS) is 20.5. The Morgan fingerprint density at radius 1 is 1.08 bits per heavy atom. The van der Waals surface area contributed by atoms with Gasteiger partial charge in [-0.05, 0) is 51.3 Å². The number of hydrogen-bond acceptors (Lipinski definition) is 6. The van der Waals surface area contributed by atoms with Crippen LogP contribution in [-0.4, -0.2) is 54.3 Å². The van der Waals surface area contributed by atoms with Crippen molar-refractivity contribution in [3.63, 3.8) is 0 Å². The summed E-state index contributed by atoms with van der Waals surface area (Å²) in [6.07, 6.45) is 2.57. The van der Waals surface area contributed by atoms with Crippen LogP contribution in [0.1, 0.15) is 36.0 Å². The highest BCUT2D eigenvalue weighted by Crippen LogP contribution is 2.35. The molecule has 2 aliphatic rings. The van der Waals surface area contributed by atoms with Gasteiger partial charge in [0.05, 0.1) is 25.1 Å². The molecule has 0 aliphatic carbocycles. The summed E-state index contributed by atoms with van der Waals surface area (Å²) < 4.78 is 5.54. The van der Waals surface area contributed by atoms with Gasteiger partial charge in [0.1, 0.15) is 16.5 Å². The number of piperidine rings is 1. The van der Waals surface area contributed by atoms with Gasteiger partial charge >= 0.3 is 0 Å². The quantitative estimate of drug-likeness (QED) is 0.839. The third kappa shape index (κ3) is 3.52. The Morgan fingerprint density at radius 3 is 2.52 bits per heavy atom. The zero-order valence-electron chi connectivity index (χ0n) is 15.5. The smallest absolute Gasteiger partial charge is 0.146 e. The summed E-state index contributed by atoms with van der Waals surface area (Å²) in [5, 5.41) is 1.25. The fraction of sp³-hybridized carbons (Fsp3) is 0.684. The molecule has 0 saturated carbocycles. The molecule has 4 heterocycles. The highest BCUT2D eigenvalue weighted by Gasteiger charge is 2.22. The van der Waals surface area contributed by atoms with E-state index in [1.54, 1.807) is 11.3 Å². The Morgan fingerprint density at radius 2 is 1.80 bits per heavy atom. The molecule has 0 spiro atoms. The van der Waals surface area contributed by atoms with Crippen molar-refractivity contribution in [3.05, 3.63) is 16.3 Å². The number of morpholine rings is 1. The molecule has 25 heavy (non-hydrogen) atoms. The number of ether oxygens (including phenoxy) is 1. The molecule has 6 heteroatoms. The van der Waals surface area contributed by atoms with E-state index in [1.807, 2.05) is 0 Å². The van der Waals surface area contributed by atoms with Crippen LogP contribution in [0.2, 0.25) is 0 Å². The van der Waals surface area contributed by atoms with Crippen molar-refractivity contribution < 1.29 is 4.74 Å². The molecule has 0 bridgehead atoms. The number of nitrogens with zero attached hydrogens (tertiary/aromatic N) is 4. The van der Waals surface area contributed by atoms with Gasteiger partial charge in [-0.15, -0.1) is 11.3 Å². The Labute approximate surface area is 154 Å². The second-order valence-electron chi connectivity index (χ2n) is 7.48. The highest BCUT2D eigenvalue weighted by molar-refractivity contribution is 7.18. The number of aromatic nitrogens is 2. The molecule has 0 amide bonds. The minimum atomic E-state index is 0.785. The van der Waals surface area contributed by atoms with Gasteiger partial charge in [0, 0.05) is 18.0 Å². The van der Waals surface area contributed by atoms with Gasteiger partial charge in [-0.3, -0.25) is 4.90 Å². The molecule has 2 fully saturated rings. The number of anilines is 1. The molecule has 0 aromatic carbocycles. The molecule has 5 nitrogen and oxygen atoms in total.